The lowest BCUT2D eigenvalue weighted by Crippen LogP contribution is -2.52. The molecule has 16 heteroatoms. The molecule has 246 valence electrons. The fraction of sp³-hybridized carbons (Fsp3) is 0.500. The van der Waals surface area contributed by atoms with Crippen LogP contribution in [0.2, 0.25) is 0 Å². The number of methoxy groups -OCH3 is 1. The summed E-state index contributed by atoms with van der Waals surface area (Å²) in [7, 11) is -2.26. The quantitative estimate of drug-likeness (QED) is 0.363. The van der Waals surface area contributed by atoms with Gasteiger partial charge in [-0.05, 0) is 48.6 Å². The van der Waals surface area contributed by atoms with Gasteiger partial charge in [-0.3, -0.25) is 4.79 Å². The first-order valence-corrected chi connectivity index (χ1v) is 17.6. The number of halogens is 3. The molecule has 2 saturated heterocycles. The normalized spacial score (nSPS) is 21.9. The number of carbonyl (C=O) groups is 1. The zero-order chi connectivity index (χ0) is 32.2. The van der Waals surface area contributed by atoms with Crippen molar-refractivity contribution in [2.75, 3.05) is 69.1 Å². The van der Waals surface area contributed by atoms with Gasteiger partial charge in [0, 0.05) is 56.9 Å². The maximum Gasteiger partial charge on any atom is 0.420 e. The van der Waals surface area contributed by atoms with Crippen molar-refractivity contribution in [1.82, 2.24) is 20.2 Å². The number of thiophene rings is 1. The van der Waals surface area contributed by atoms with Crippen molar-refractivity contribution in [2.24, 2.45) is 0 Å². The summed E-state index contributed by atoms with van der Waals surface area (Å²) in [6, 6.07) is 7.06. The number of nitrogens with zero attached hydrogens (tertiary/aromatic N) is 4. The Kier molecular flexibility index (Phi) is 8.20. The van der Waals surface area contributed by atoms with Crippen molar-refractivity contribution in [3.8, 4) is 10.6 Å². The summed E-state index contributed by atoms with van der Waals surface area (Å²) in [5, 5.41) is 6.58. The van der Waals surface area contributed by atoms with E-state index in [1.54, 1.807) is 7.11 Å². The smallest absolute Gasteiger partial charge is 0.383 e. The van der Waals surface area contributed by atoms with E-state index in [0.29, 0.717) is 35.7 Å². The molecule has 1 aliphatic carbocycles. The van der Waals surface area contributed by atoms with E-state index in [4.69, 9.17) is 9.47 Å². The van der Waals surface area contributed by atoms with E-state index in [9.17, 15) is 26.4 Å². The van der Waals surface area contributed by atoms with Crippen LogP contribution in [0.4, 0.5) is 30.5 Å². The number of hydrogen-bond acceptors (Lipinski definition) is 11. The molecule has 46 heavy (non-hydrogen) atoms. The standard InChI is InChI=1S/C30H33F3N6O5S2/c1-43-14-18-13-38(7-6-34-18)19-4-5-23(21(10-19)17-2-3-17)36-29-35-12-22(30(31,32)33)26(37-29)24-11-25-27(45-24)28(40)39(20-15-44-16-20)8-9-46(25,41)42/h4-5,10-12,17-18,20,34H,2-3,6-9,13-16H2,1H3,(H,35,36,37)/t18-/m1/s1. The summed E-state index contributed by atoms with van der Waals surface area (Å²) in [5.41, 5.74) is 1.17. The lowest BCUT2D eigenvalue weighted by Gasteiger charge is -2.36. The number of hydrogen-bond donors (Lipinski definition) is 2. The van der Waals surface area contributed by atoms with Crippen molar-refractivity contribution in [2.45, 2.75) is 41.9 Å². The van der Waals surface area contributed by atoms with Gasteiger partial charge in [-0.15, -0.1) is 11.3 Å². The van der Waals surface area contributed by atoms with Crippen LogP contribution in [0.5, 0.6) is 0 Å². The van der Waals surface area contributed by atoms with Gasteiger partial charge in [0.1, 0.15) is 10.4 Å². The molecule has 1 saturated carbocycles. The largest absolute Gasteiger partial charge is 0.420 e. The number of amides is 1. The van der Waals surface area contributed by atoms with Gasteiger partial charge in [0.2, 0.25) is 5.95 Å². The molecule has 5 heterocycles. The van der Waals surface area contributed by atoms with Gasteiger partial charge in [-0.1, -0.05) is 0 Å². The molecule has 0 radical (unpaired) electrons. The lowest BCUT2D eigenvalue weighted by molar-refractivity contribution is -0.137. The molecule has 0 spiro atoms. The number of nitrogens with one attached hydrogen (secondary N) is 2. The number of sulfone groups is 1. The second-order valence-corrected chi connectivity index (χ2v) is 15.1. The summed E-state index contributed by atoms with van der Waals surface area (Å²) in [6.45, 7) is 3.59. The molecule has 3 aliphatic heterocycles. The Labute approximate surface area is 268 Å². The zero-order valence-corrected chi connectivity index (χ0v) is 26.6. The SMILES string of the molecule is COC[C@H]1CN(c2ccc(Nc3ncc(C(F)(F)F)c(-c4cc5c(s4)C(=O)N(C4COC4)CCS5(=O)=O)n3)c(C3CC3)c2)CCN1. The third-order valence-corrected chi connectivity index (χ3v) is 11.7. The van der Waals surface area contributed by atoms with Gasteiger partial charge in [0.05, 0.1) is 47.1 Å². The summed E-state index contributed by atoms with van der Waals surface area (Å²) in [5.74, 6) is -0.621. The van der Waals surface area contributed by atoms with Crippen LogP contribution in [0.1, 0.15) is 39.6 Å². The highest BCUT2D eigenvalue weighted by molar-refractivity contribution is 7.91. The van der Waals surface area contributed by atoms with Crippen LogP contribution in [0.25, 0.3) is 10.6 Å². The zero-order valence-electron chi connectivity index (χ0n) is 25.0. The predicted octanol–water partition coefficient (Wildman–Crippen LogP) is 3.90. The maximum absolute atomic E-state index is 14.2. The van der Waals surface area contributed by atoms with Gasteiger partial charge in [-0.2, -0.15) is 13.2 Å². The molecule has 0 unspecified atom stereocenters. The summed E-state index contributed by atoms with van der Waals surface area (Å²) >= 11 is 0.704. The Morgan fingerprint density at radius 2 is 2.00 bits per heavy atom. The first kappa shape index (κ1) is 31.3. The van der Waals surface area contributed by atoms with Crippen molar-refractivity contribution < 1.29 is 35.9 Å². The number of fused-ring (bicyclic) bond motifs is 1. The number of rotatable bonds is 8. The van der Waals surface area contributed by atoms with E-state index in [1.807, 2.05) is 12.1 Å². The molecule has 7 rings (SSSR count). The second-order valence-electron chi connectivity index (χ2n) is 12.0. The Bertz CT molecular complexity index is 1760. The first-order chi connectivity index (χ1) is 22.0. The molecule has 3 aromatic rings. The van der Waals surface area contributed by atoms with Crippen molar-refractivity contribution in [1.29, 1.82) is 0 Å². The van der Waals surface area contributed by atoms with Gasteiger partial charge in [0.15, 0.2) is 9.84 Å². The van der Waals surface area contributed by atoms with Gasteiger partial charge < -0.3 is 29.9 Å². The molecular formula is C30H33F3N6O5S2. The summed E-state index contributed by atoms with van der Waals surface area (Å²) in [4.78, 5) is 25.0. The predicted molar refractivity (Wildman–Crippen MR) is 166 cm³/mol. The van der Waals surface area contributed by atoms with E-state index < -0.39 is 33.2 Å². The van der Waals surface area contributed by atoms with Gasteiger partial charge >= 0.3 is 6.18 Å². The highest BCUT2D eigenvalue weighted by atomic mass is 32.2. The average Bonchev–Trinajstić information content (AvgIpc) is 3.75. The number of benzene rings is 1. The maximum atomic E-state index is 14.2. The third-order valence-electron chi connectivity index (χ3n) is 8.77. The minimum atomic E-state index is -4.82. The fourth-order valence-corrected chi connectivity index (χ4v) is 9.02. The van der Waals surface area contributed by atoms with E-state index in [0.717, 1.165) is 49.8 Å². The van der Waals surface area contributed by atoms with E-state index in [1.165, 1.54) is 4.90 Å². The van der Waals surface area contributed by atoms with Crippen LogP contribution in [-0.2, 0) is 25.5 Å². The minimum Gasteiger partial charge on any atom is -0.383 e. The fourth-order valence-electron chi connectivity index (χ4n) is 6.11. The lowest BCUT2D eigenvalue weighted by atomic mass is 10.1. The Morgan fingerprint density at radius 1 is 1.20 bits per heavy atom. The van der Waals surface area contributed by atoms with E-state index >= 15 is 0 Å². The Balaban J connectivity index is 1.23. The molecule has 1 aromatic carbocycles. The number of alkyl halides is 3. The number of carbonyl (C=O) groups excluding carboxylic acids is 1. The van der Waals surface area contributed by atoms with Crippen LogP contribution in [0, 0.1) is 0 Å². The Hall–Kier alpha value is -3.31. The molecular weight excluding hydrogens is 645 g/mol. The number of ether oxygens (including phenoxy) is 2. The number of aromatic nitrogens is 2. The molecule has 2 aromatic heterocycles. The van der Waals surface area contributed by atoms with Crippen LogP contribution in [0.3, 0.4) is 0 Å². The van der Waals surface area contributed by atoms with Gasteiger partial charge in [-0.25, -0.2) is 18.4 Å². The molecule has 1 amide bonds. The van der Waals surface area contributed by atoms with Crippen molar-refractivity contribution >= 4 is 44.4 Å². The van der Waals surface area contributed by atoms with Crippen LogP contribution in [0.15, 0.2) is 35.4 Å². The topological polar surface area (TPSA) is 126 Å². The Morgan fingerprint density at radius 3 is 2.70 bits per heavy atom. The minimum absolute atomic E-state index is 0.00813. The second kappa shape index (κ2) is 12.0. The number of anilines is 3. The summed E-state index contributed by atoms with van der Waals surface area (Å²) < 4.78 is 79.6. The van der Waals surface area contributed by atoms with Crippen molar-refractivity contribution in [3.63, 3.8) is 0 Å². The van der Waals surface area contributed by atoms with Gasteiger partial charge in [0.25, 0.3) is 5.91 Å². The molecule has 3 fully saturated rings. The number of piperazine rings is 1. The first-order valence-electron chi connectivity index (χ1n) is 15.1. The van der Waals surface area contributed by atoms with Crippen LogP contribution in [-0.4, -0.2) is 100 Å². The van der Waals surface area contributed by atoms with E-state index in [2.05, 4.69) is 31.6 Å². The van der Waals surface area contributed by atoms with Crippen LogP contribution >= 0.6 is 11.3 Å². The third kappa shape index (κ3) is 6.08. The average molecular weight is 679 g/mol. The molecule has 2 N–H and O–H groups in total. The molecule has 11 nitrogen and oxygen atoms in total. The van der Waals surface area contributed by atoms with Crippen LogP contribution < -0.4 is 15.5 Å². The highest BCUT2D eigenvalue weighted by Crippen LogP contribution is 2.46. The summed E-state index contributed by atoms with van der Waals surface area (Å²) in [6.07, 6.45) is -2.12. The van der Waals surface area contributed by atoms with Crippen molar-refractivity contribution in [3.05, 3.63) is 46.5 Å². The van der Waals surface area contributed by atoms with E-state index in [-0.39, 0.29) is 58.2 Å². The molecule has 1 atom stereocenters. The molecule has 4 aliphatic rings. The highest BCUT2D eigenvalue weighted by Gasteiger charge is 2.41. The molecule has 0 bridgehead atoms. The monoisotopic (exact) mass is 678 g/mol.